The smallest absolute Gasteiger partial charge is 0.183 e. The molecule has 0 aliphatic carbocycles. The highest BCUT2D eigenvalue weighted by Gasteiger charge is 2.09. The number of hydrogen-bond acceptors (Lipinski definition) is 5. The molecule has 1 aromatic heterocycles. The van der Waals surface area contributed by atoms with E-state index in [1.54, 1.807) is 17.6 Å². The van der Waals surface area contributed by atoms with Crippen molar-refractivity contribution in [1.82, 2.24) is 4.98 Å². The molecule has 2 rings (SSSR count). The standard InChI is InChI=1S/C13H18N2O2S2/c1-4-17-10-5-6-11-12(7-10)18-13(15-11)14-8-9(2)19(3)16/h5-7,9H,4,8H2,1-3H3,(H,14,15). The maximum absolute atomic E-state index is 11.3. The molecule has 1 N–H and O–H groups in total. The number of nitrogens with zero attached hydrogens (tertiary/aromatic N) is 1. The van der Waals surface area contributed by atoms with Crippen LogP contribution in [0.3, 0.4) is 0 Å². The van der Waals surface area contributed by atoms with Crippen molar-refractivity contribution in [2.75, 3.05) is 24.7 Å². The number of ether oxygens (including phenoxy) is 1. The number of fused-ring (bicyclic) bond motifs is 1. The summed E-state index contributed by atoms with van der Waals surface area (Å²) in [5, 5.41) is 4.22. The van der Waals surface area contributed by atoms with Gasteiger partial charge in [-0.15, -0.1) is 0 Å². The molecule has 0 amide bonds. The highest BCUT2D eigenvalue weighted by Crippen LogP contribution is 2.29. The molecule has 0 bridgehead atoms. The third kappa shape index (κ3) is 3.67. The molecule has 2 unspecified atom stereocenters. The lowest BCUT2D eigenvalue weighted by molar-refractivity contribution is 0.341. The third-order valence-corrected chi connectivity index (χ3v) is 5.05. The number of hydrogen-bond donors (Lipinski definition) is 1. The molecule has 0 saturated heterocycles. The van der Waals surface area contributed by atoms with Gasteiger partial charge in [0.25, 0.3) is 0 Å². The topological polar surface area (TPSA) is 51.2 Å². The normalized spacial score (nSPS) is 14.3. The number of thiazole rings is 1. The summed E-state index contributed by atoms with van der Waals surface area (Å²) in [6.45, 7) is 5.26. The summed E-state index contributed by atoms with van der Waals surface area (Å²) < 4.78 is 17.9. The molecule has 0 aliphatic rings. The Kier molecular flexibility index (Phi) is 4.76. The molecule has 2 aromatic rings. The monoisotopic (exact) mass is 298 g/mol. The van der Waals surface area contributed by atoms with Gasteiger partial charge in [-0.2, -0.15) is 0 Å². The number of rotatable bonds is 6. The van der Waals surface area contributed by atoms with Gasteiger partial charge < -0.3 is 10.1 Å². The first-order valence-electron chi connectivity index (χ1n) is 6.19. The van der Waals surface area contributed by atoms with Crippen molar-refractivity contribution < 1.29 is 8.95 Å². The van der Waals surface area contributed by atoms with Crippen molar-refractivity contribution >= 4 is 37.5 Å². The molecule has 0 radical (unpaired) electrons. The molecule has 0 fully saturated rings. The van der Waals surface area contributed by atoms with Crippen LogP contribution < -0.4 is 10.1 Å². The lowest BCUT2D eigenvalue weighted by Crippen LogP contribution is -2.20. The van der Waals surface area contributed by atoms with E-state index < -0.39 is 10.8 Å². The van der Waals surface area contributed by atoms with Crippen molar-refractivity contribution in [3.63, 3.8) is 0 Å². The molecule has 0 spiro atoms. The summed E-state index contributed by atoms with van der Waals surface area (Å²) >= 11 is 1.59. The number of anilines is 1. The Morgan fingerprint density at radius 2 is 2.32 bits per heavy atom. The SMILES string of the molecule is CCOc1ccc2nc(NCC(C)S(C)=O)sc2c1. The van der Waals surface area contributed by atoms with Crippen LogP contribution in [0.2, 0.25) is 0 Å². The van der Waals surface area contributed by atoms with E-state index in [9.17, 15) is 4.21 Å². The summed E-state index contributed by atoms with van der Waals surface area (Å²) in [6, 6.07) is 5.89. The zero-order valence-corrected chi connectivity index (χ0v) is 12.9. The highest BCUT2D eigenvalue weighted by molar-refractivity contribution is 7.84. The van der Waals surface area contributed by atoms with E-state index in [0.29, 0.717) is 13.2 Å². The molecule has 0 saturated carbocycles. The molecule has 2 atom stereocenters. The van der Waals surface area contributed by atoms with Crippen molar-refractivity contribution in [3.8, 4) is 5.75 Å². The van der Waals surface area contributed by atoms with Crippen molar-refractivity contribution in [3.05, 3.63) is 18.2 Å². The van der Waals surface area contributed by atoms with Gasteiger partial charge in [0.2, 0.25) is 0 Å². The Labute approximate surface area is 119 Å². The van der Waals surface area contributed by atoms with Crippen LogP contribution in [0.1, 0.15) is 13.8 Å². The van der Waals surface area contributed by atoms with Crippen molar-refractivity contribution in [2.24, 2.45) is 0 Å². The summed E-state index contributed by atoms with van der Waals surface area (Å²) in [5.74, 6) is 0.869. The molecule has 1 aromatic carbocycles. The van der Waals surface area contributed by atoms with Gasteiger partial charge in [-0.3, -0.25) is 4.21 Å². The van der Waals surface area contributed by atoms with Crippen LogP contribution in [-0.4, -0.2) is 33.9 Å². The zero-order valence-electron chi connectivity index (χ0n) is 11.3. The average Bonchev–Trinajstić information content (AvgIpc) is 2.78. The molecular weight excluding hydrogens is 280 g/mol. The van der Waals surface area contributed by atoms with E-state index in [-0.39, 0.29) is 5.25 Å². The molecule has 4 nitrogen and oxygen atoms in total. The first-order valence-corrected chi connectivity index (χ1v) is 8.63. The first kappa shape index (κ1) is 14.3. The van der Waals surface area contributed by atoms with E-state index in [1.807, 2.05) is 32.0 Å². The minimum absolute atomic E-state index is 0.117. The van der Waals surface area contributed by atoms with Gasteiger partial charge in [-0.25, -0.2) is 4.98 Å². The second kappa shape index (κ2) is 6.34. The second-order valence-electron chi connectivity index (χ2n) is 4.27. The van der Waals surface area contributed by atoms with E-state index in [2.05, 4.69) is 10.3 Å². The van der Waals surface area contributed by atoms with Crippen LogP contribution in [0.4, 0.5) is 5.13 Å². The molecule has 1 heterocycles. The summed E-state index contributed by atoms with van der Waals surface area (Å²) in [4.78, 5) is 4.50. The fourth-order valence-electron chi connectivity index (χ4n) is 1.59. The van der Waals surface area contributed by atoms with Crippen molar-refractivity contribution in [2.45, 2.75) is 19.1 Å². The average molecular weight is 298 g/mol. The Hall–Kier alpha value is -1.14. The van der Waals surface area contributed by atoms with Gasteiger partial charge in [0, 0.05) is 28.9 Å². The minimum Gasteiger partial charge on any atom is -0.494 e. The molecule has 104 valence electrons. The maximum Gasteiger partial charge on any atom is 0.183 e. The van der Waals surface area contributed by atoms with Crippen LogP contribution in [0.15, 0.2) is 18.2 Å². The Morgan fingerprint density at radius 1 is 1.53 bits per heavy atom. The fourth-order valence-corrected chi connectivity index (χ4v) is 2.80. The molecular formula is C13H18N2O2S2. The predicted molar refractivity (Wildman–Crippen MR) is 82.8 cm³/mol. The largest absolute Gasteiger partial charge is 0.494 e. The van der Waals surface area contributed by atoms with Crippen LogP contribution in [0, 0.1) is 0 Å². The van der Waals surface area contributed by atoms with E-state index in [1.165, 1.54) is 0 Å². The van der Waals surface area contributed by atoms with Crippen LogP contribution >= 0.6 is 11.3 Å². The Balaban J connectivity index is 2.10. The maximum atomic E-state index is 11.3. The fraction of sp³-hybridized carbons (Fsp3) is 0.462. The number of aromatic nitrogens is 1. The van der Waals surface area contributed by atoms with E-state index in [0.717, 1.165) is 21.1 Å². The highest BCUT2D eigenvalue weighted by atomic mass is 32.2. The second-order valence-corrected chi connectivity index (χ2v) is 7.10. The summed E-state index contributed by atoms with van der Waals surface area (Å²) in [7, 11) is -0.814. The quantitative estimate of drug-likeness (QED) is 0.891. The zero-order chi connectivity index (χ0) is 13.8. The van der Waals surface area contributed by atoms with Crippen LogP contribution in [0.5, 0.6) is 5.75 Å². The lowest BCUT2D eigenvalue weighted by atomic mass is 10.3. The van der Waals surface area contributed by atoms with Gasteiger partial charge in [-0.05, 0) is 32.0 Å². The first-order chi connectivity index (χ1) is 9.10. The predicted octanol–water partition coefficient (Wildman–Crippen LogP) is 2.87. The van der Waals surface area contributed by atoms with Gasteiger partial charge >= 0.3 is 0 Å². The van der Waals surface area contributed by atoms with Crippen molar-refractivity contribution in [1.29, 1.82) is 0 Å². The number of nitrogens with one attached hydrogen (secondary N) is 1. The van der Waals surface area contributed by atoms with Gasteiger partial charge in [-0.1, -0.05) is 11.3 Å². The molecule has 0 aliphatic heterocycles. The molecule has 6 heteroatoms. The Bertz CT molecular complexity index is 583. The van der Waals surface area contributed by atoms with Gasteiger partial charge in [0.1, 0.15) is 5.75 Å². The number of benzene rings is 1. The third-order valence-electron chi connectivity index (χ3n) is 2.78. The van der Waals surface area contributed by atoms with Crippen LogP contribution in [-0.2, 0) is 10.8 Å². The van der Waals surface area contributed by atoms with Crippen LogP contribution in [0.25, 0.3) is 10.2 Å². The van der Waals surface area contributed by atoms with E-state index >= 15 is 0 Å². The Morgan fingerprint density at radius 3 is 3.00 bits per heavy atom. The summed E-state index contributed by atoms with van der Waals surface area (Å²) in [6.07, 6.45) is 1.72. The van der Waals surface area contributed by atoms with Gasteiger partial charge in [0.05, 0.1) is 16.8 Å². The van der Waals surface area contributed by atoms with E-state index in [4.69, 9.17) is 4.74 Å². The lowest BCUT2D eigenvalue weighted by Gasteiger charge is -2.07. The summed E-state index contributed by atoms with van der Waals surface area (Å²) in [5.41, 5.74) is 0.959. The molecule has 19 heavy (non-hydrogen) atoms. The van der Waals surface area contributed by atoms with Gasteiger partial charge in [0.15, 0.2) is 5.13 Å². The minimum atomic E-state index is -0.814.